The van der Waals surface area contributed by atoms with Crippen molar-refractivity contribution in [1.82, 2.24) is 5.32 Å². The third-order valence-electron chi connectivity index (χ3n) is 2.83. The van der Waals surface area contributed by atoms with Crippen LogP contribution in [0.5, 0.6) is 0 Å². The zero-order valence-corrected chi connectivity index (χ0v) is 9.49. The summed E-state index contributed by atoms with van der Waals surface area (Å²) in [6.45, 7) is 6.00. The molecule has 0 saturated heterocycles. The summed E-state index contributed by atoms with van der Waals surface area (Å²) in [6.07, 6.45) is 1.40. The molecular weight excluding hydrogens is 186 g/mol. The number of ether oxygens (including phenoxy) is 1. The maximum absolute atomic E-state index is 5.58. The Hall–Kier alpha value is -0.860. The molecule has 0 bridgehead atoms. The van der Waals surface area contributed by atoms with E-state index in [1.807, 2.05) is 0 Å². The molecule has 1 aliphatic rings. The molecule has 1 unspecified atom stereocenters. The van der Waals surface area contributed by atoms with Crippen molar-refractivity contribution >= 4 is 0 Å². The van der Waals surface area contributed by atoms with Gasteiger partial charge < -0.3 is 10.1 Å². The van der Waals surface area contributed by atoms with Crippen LogP contribution in [-0.2, 0) is 11.3 Å². The smallest absolute Gasteiger partial charge is 0.0518 e. The van der Waals surface area contributed by atoms with E-state index in [1.165, 1.54) is 11.1 Å². The van der Waals surface area contributed by atoms with Gasteiger partial charge in [0, 0.05) is 19.2 Å². The quantitative estimate of drug-likeness (QED) is 0.816. The molecule has 1 aromatic carbocycles. The van der Waals surface area contributed by atoms with Crippen molar-refractivity contribution in [3.8, 4) is 0 Å². The molecule has 82 valence electrons. The Morgan fingerprint density at radius 2 is 2.20 bits per heavy atom. The van der Waals surface area contributed by atoms with Crippen LogP contribution < -0.4 is 5.32 Å². The average molecular weight is 205 g/mol. The molecule has 2 rings (SSSR count). The van der Waals surface area contributed by atoms with Crippen LogP contribution in [0.25, 0.3) is 0 Å². The molecule has 2 heteroatoms. The van der Waals surface area contributed by atoms with Gasteiger partial charge in [0.2, 0.25) is 0 Å². The Kier molecular flexibility index (Phi) is 3.39. The van der Waals surface area contributed by atoms with Crippen molar-refractivity contribution in [2.45, 2.75) is 39.0 Å². The van der Waals surface area contributed by atoms with Gasteiger partial charge in [-0.25, -0.2) is 0 Å². The molecule has 0 spiro atoms. The van der Waals surface area contributed by atoms with Gasteiger partial charge in [0.25, 0.3) is 0 Å². The highest BCUT2D eigenvalue weighted by Crippen LogP contribution is 2.27. The maximum Gasteiger partial charge on any atom is 0.0518 e. The van der Waals surface area contributed by atoms with E-state index in [1.54, 1.807) is 0 Å². The van der Waals surface area contributed by atoms with Crippen LogP contribution in [0.4, 0.5) is 0 Å². The fourth-order valence-electron chi connectivity index (χ4n) is 2.06. The average Bonchev–Trinajstić information content (AvgIpc) is 2.62. The summed E-state index contributed by atoms with van der Waals surface area (Å²) in [5, 5.41) is 3.52. The van der Waals surface area contributed by atoms with Crippen LogP contribution in [0.15, 0.2) is 24.3 Å². The Balaban J connectivity index is 1.90. The SMILES string of the molecule is CC(C)OCCC1NCc2ccccc21. The van der Waals surface area contributed by atoms with E-state index >= 15 is 0 Å². The lowest BCUT2D eigenvalue weighted by atomic mass is 10.0. The molecule has 0 saturated carbocycles. The van der Waals surface area contributed by atoms with Gasteiger partial charge in [0.15, 0.2) is 0 Å². The molecule has 1 heterocycles. The minimum absolute atomic E-state index is 0.335. The first-order chi connectivity index (χ1) is 7.27. The molecule has 1 aliphatic heterocycles. The summed E-state index contributed by atoms with van der Waals surface area (Å²) in [7, 11) is 0. The molecule has 0 amide bonds. The molecule has 0 aliphatic carbocycles. The van der Waals surface area contributed by atoms with Gasteiger partial charge in [-0.15, -0.1) is 0 Å². The second kappa shape index (κ2) is 4.77. The van der Waals surface area contributed by atoms with Gasteiger partial charge in [0.1, 0.15) is 0 Å². The van der Waals surface area contributed by atoms with Crippen molar-refractivity contribution in [2.24, 2.45) is 0 Å². The van der Waals surface area contributed by atoms with Crippen molar-refractivity contribution in [1.29, 1.82) is 0 Å². The van der Waals surface area contributed by atoms with Gasteiger partial charge in [-0.1, -0.05) is 24.3 Å². The van der Waals surface area contributed by atoms with Crippen molar-refractivity contribution in [3.63, 3.8) is 0 Å². The van der Waals surface area contributed by atoms with Crippen LogP contribution in [0.1, 0.15) is 37.4 Å². The van der Waals surface area contributed by atoms with E-state index in [0.29, 0.717) is 12.1 Å². The normalized spacial score (nSPS) is 19.5. The summed E-state index contributed by atoms with van der Waals surface area (Å²) < 4.78 is 5.58. The lowest BCUT2D eigenvalue weighted by Gasteiger charge is -2.13. The molecule has 0 fully saturated rings. The second-order valence-electron chi connectivity index (χ2n) is 4.34. The maximum atomic E-state index is 5.58. The Morgan fingerprint density at radius 3 is 3.00 bits per heavy atom. The molecule has 1 aromatic rings. The Labute approximate surface area is 91.6 Å². The van der Waals surface area contributed by atoms with Crippen LogP contribution in [-0.4, -0.2) is 12.7 Å². The first kappa shape index (κ1) is 10.7. The zero-order chi connectivity index (χ0) is 10.7. The summed E-state index contributed by atoms with van der Waals surface area (Å²) in [6, 6.07) is 9.12. The van der Waals surface area contributed by atoms with Crippen molar-refractivity contribution < 1.29 is 4.74 Å². The van der Waals surface area contributed by atoms with Gasteiger partial charge in [-0.05, 0) is 31.4 Å². The monoisotopic (exact) mass is 205 g/mol. The first-order valence-electron chi connectivity index (χ1n) is 5.70. The van der Waals surface area contributed by atoms with Gasteiger partial charge in [-0.2, -0.15) is 0 Å². The number of rotatable bonds is 4. The van der Waals surface area contributed by atoms with Crippen molar-refractivity contribution in [2.75, 3.05) is 6.61 Å². The van der Waals surface area contributed by atoms with Crippen LogP contribution in [0, 0.1) is 0 Å². The first-order valence-corrected chi connectivity index (χ1v) is 5.70. The summed E-state index contributed by atoms with van der Waals surface area (Å²) in [5.74, 6) is 0. The number of hydrogen-bond donors (Lipinski definition) is 1. The van der Waals surface area contributed by atoms with Crippen LogP contribution >= 0.6 is 0 Å². The van der Waals surface area contributed by atoms with E-state index in [-0.39, 0.29) is 0 Å². The molecule has 2 nitrogen and oxygen atoms in total. The van der Waals surface area contributed by atoms with Crippen molar-refractivity contribution in [3.05, 3.63) is 35.4 Å². The third kappa shape index (κ3) is 2.58. The fraction of sp³-hybridized carbons (Fsp3) is 0.538. The molecule has 1 atom stereocenters. The topological polar surface area (TPSA) is 21.3 Å². The zero-order valence-electron chi connectivity index (χ0n) is 9.49. The van der Waals surface area contributed by atoms with E-state index in [2.05, 4.69) is 43.4 Å². The Bertz CT molecular complexity index is 322. The molecule has 15 heavy (non-hydrogen) atoms. The van der Waals surface area contributed by atoms with Crippen LogP contribution in [0.2, 0.25) is 0 Å². The summed E-state index contributed by atoms with van der Waals surface area (Å²) in [4.78, 5) is 0. The fourth-order valence-corrected chi connectivity index (χ4v) is 2.06. The lowest BCUT2D eigenvalue weighted by molar-refractivity contribution is 0.0720. The second-order valence-corrected chi connectivity index (χ2v) is 4.34. The molecule has 1 N–H and O–H groups in total. The number of benzene rings is 1. The third-order valence-corrected chi connectivity index (χ3v) is 2.83. The highest BCUT2D eigenvalue weighted by Gasteiger charge is 2.20. The standard InChI is InChI=1S/C13H19NO/c1-10(2)15-8-7-13-12-6-4-3-5-11(12)9-14-13/h3-6,10,13-14H,7-9H2,1-2H3. The van der Waals surface area contributed by atoms with E-state index < -0.39 is 0 Å². The Morgan fingerprint density at radius 1 is 1.40 bits per heavy atom. The van der Waals surface area contributed by atoms with Gasteiger partial charge in [-0.3, -0.25) is 0 Å². The minimum Gasteiger partial charge on any atom is -0.379 e. The van der Waals surface area contributed by atoms with Crippen LogP contribution in [0.3, 0.4) is 0 Å². The number of hydrogen-bond acceptors (Lipinski definition) is 2. The minimum atomic E-state index is 0.335. The summed E-state index contributed by atoms with van der Waals surface area (Å²) in [5.41, 5.74) is 2.89. The predicted molar refractivity (Wildman–Crippen MR) is 61.7 cm³/mol. The van der Waals surface area contributed by atoms with E-state index in [9.17, 15) is 0 Å². The highest BCUT2D eigenvalue weighted by atomic mass is 16.5. The number of nitrogens with one attached hydrogen (secondary N) is 1. The molecule has 0 radical (unpaired) electrons. The number of fused-ring (bicyclic) bond motifs is 1. The lowest BCUT2D eigenvalue weighted by Crippen LogP contribution is -2.15. The van der Waals surface area contributed by atoms with E-state index in [4.69, 9.17) is 4.74 Å². The molecule has 0 aromatic heterocycles. The molecular formula is C13H19NO. The van der Waals surface area contributed by atoms with E-state index in [0.717, 1.165) is 19.6 Å². The highest BCUT2D eigenvalue weighted by molar-refractivity contribution is 5.33. The predicted octanol–water partition coefficient (Wildman–Crippen LogP) is 2.65. The largest absolute Gasteiger partial charge is 0.379 e. The summed E-state index contributed by atoms with van der Waals surface area (Å²) >= 11 is 0. The van der Waals surface area contributed by atoms with Gasteiger partial charge in [0.05, 0.1) is 6.10 Å². The van der Waals surface area contributed by atoms with Gasteiger partial charge >= 0.3 is 0 Å².